The van der Waals surface area contributed by atoms with Crippen molar-refractivity contribution in [2.75, 3.05) is 13.1 Å². The average Bonchev–Trinajstić information content (AvgIpc) is 2.90. The molecule has 1 fully saturated rings. The molecule has 2 aromatic rings. The molecule has 0 unspecified atom stereocenters. The van der Waals surface area contributed by atoms with Crippen LogP contribution in [0, 0.1) is 0 Å². The molecule has 2 aliphatic rings. The van der Waals surface area contributed by atoms with Gasteiger partial charge in [-0.3, -0.25) is 14.7 Å². The molecule has 3 heterocycles. The molecule has 1 N–H and O–H groups in total. The first kappa shape index (κ1) is 14.4. The van der Waals surface area contributed by atoms with Crippen LogP contribution in [0.2, 0.25) is 0 Å². The Balaban J connectivity index is 1.49. The third-order valence-corrected chi connectivity index (χ3v) is 5.08. The average molecular weight is 307 g/mol. The Hall–Kier alpha value is -2.20. The van der Waals surface area contributed by atoms with Gasteiger partial charge in [-0.15, -0.1) is 0 Å². The molecule has 0 aliphatic carbocycles. The molecule has 1 aromatic heterocycles. The summed E-state index contributed by atoms with van der Waals surface area (Å²) in [4.78, 5) is 19.2. The number of aromatic nitrogens is 1. The highest BCUT2D eigenvalue weighted by atomic mass is 16.1. The van der Waals surface area contributed by atoms with Crippen LogP contribution < -0.4 is 5.32 Å². The van der Waals surface area contributed by atoms with Gasteiger partial charge in [-0.25, -0.2) is 0 Å². The first-order valence-electron chi connectivity index (χ1n) is 8.26. The molecule has 1 saturated heterocycles. The van der Waals surface area contributed by atoms with E-state index in [9.17, 15) is 4.79 Å². The van der Waals surface area contributed by atoms with E-state index in [1.807, 2.05) is 30.5 Å². The lowest BCUT2D eigenvalue weighted by atomic mass is 9.91. The molecule has 23 heavy (non-hydrogen) atoms. The van der Waals surface area contributed by atoms with Crippen LogP contribution in [0.4, 0.5) is 0 Å². The normalized spacial score (nSPS) is 24.3. The fourth-order valence-corrected chi connectivity index (χ4v) is 3.85. The number of likely N-dealkylation sites (tertiary alicyclic amines) is 1. The number of carbonyl (C=O) groups is 1. The van der Waals surface area contributed by atoms with Crippen molar-refractivity contribution in [2.24, 2.45) is 0 Å². The van der Waals surface area contributed by atoms with Gasteiger partial charge in [-0.1, -0.05) is 24.3 Å². The summed E-state index contributed by atoms with van der Waals surface area (Å²) < 4.78 is 0. The number of amides is 1. The molecule has 1 atom stereocenters. The van der Waals surface area contributed by atoms with Crippen molar-refractivity contribution in [1.82, 2.24) is 15.2 Å². The van der Waals surface area contributed by atoms with Gasteiger partial charge in [0, 0.05) is 37.6 Å². The second-order valence-electron chi connectivity index (χ2n) is 6.71. The Kier molecular flexibility index (Phi) is 3.62. The van der Waals surface area contributed by atoms with Gasteiger partial charge in [0.05, 0.1) is 5.54 Å². The maximum Gasteiger partial charge on any atom is 0.252 e. The van der Waals surface area contributed by atoms with E-state index in [0.29, 0.717) is 0 Å². The molecule has 4 rings (SSSR count). The number of aryl methyl sites for hydroxylation is 1. The SMILES string of the molecule is O=C1N[C@@]2(CCc3ccccc31)CCN(Cc1cccnc1)C2. The maximum atomic E-state index is 12.6. The van der Waals surface area contributed by atoms with Gasteiger partial charge in [0.25, 0.3) is 5.91 Å². The van der Waals surface area contributed by atoms with Crippen LogP contribution in [0.1, 0.15) is 34.3 Å². The zero-order valence-electron chi connectivity index (χ0n) is 13.2. The van der Waals surface area contributed by atoms with Crippen LogP contribution in [0.25, 0.3) is 0 Å². The summed E-state index contributed by atoms with van der Waals surface area (Å²) in [5.41, 5.74) is 3.16. The molecular formula is C19H21N3O. The van der Waals surface area contributed by atoms with Crippen molar-refractivity contribution < 1.29 is 4.79 Å². The number of nitrogens with zero attached hydrogens (tertiary/aromatic N) is 2. The molecule has 1 aromatic carbocycles. The van der Waals surface area contributed by atoms with Crippen LogP contribution in [-0.2, 0) is 13.0 Å². The Bertz CT molecular complexity index is 716. The second-order valence-corrected chi connectivity index (χ2v) is 6.71. The van der Waals surface area contributed by atoms with Crippen molar-refractivity contribution >= 4 is 5.91 Å². The minimum atomic E-state index is -0.0850. The van der Waals surface area contributed by atoms with Crippen LogP contribution >= 0.6 is 0 Å². The maximum absolute atomic E-state index is 12.6. The van der Waals surface area contributed by atoms with E-state index in [2.05, 4.69) is 27.3 Å². The van der Waals surface area contributed by atoms with Gasteiger partial charge in [0.15, 0.2) is 0 Å². The summed E-state index contributed by atoms with van der Waals surface area (Å²) in [6.07, 6.45) is 6.73. The van der Waals surface area contributed by atoms with Gasteiger partial charge in [0.2, 0.25) is 0 Å². The Morgan fingerprint density at radius 2 is 2.09 bits per heavy atom. The Labute approximate surface area is 136 Å². The summed E-state index contributed by atoms with van der Waals surface area (Å²) in [7, 11) is 0. The van der Waals surface area contributed by atoms with Crippen molar-refractivity contribution in [3.63, 3.8) is 0 Å². The Morgan fingerprint density at radius 3 is 2.96 bits per heavy atom. The van der Waals surface area contributed by atoms with Gasteiger partial charge in [-0.05, 0) is 42.5 Å². The predicted molar refractivity (Wildman–Crippen MR) is 89.1 cm³/mol. The monoisotopic (exact) mass is 307 g/mol. The zero-order chi connectivity index (χ0) is 15.7. The van der Waals surface area contributed by atoms with E-state index in [0.717, 1.165) is 44.5 Å². The first-order chi connectivity index (χ1) is 11.2. The standard InChI is InChI=1S/C19H21N3O/c23-18-17-6-2-1-5-16(17)7-8-19(21-18)9-11-22(14-19)13-15-4-3-10-20-12-15/h1-6,10,12H,7-9,11,13-14H2,(H,21,23)/t19-/m0/s1. The third-order valence-electron chi connectivity index (χ3n) is 5.08. The summed E-state index contributed by atoms with van der Waals surface area (Å²) in [6.45, 7) is 2.84. The number of hydrogen-bond donors (Lipinski definition) is 1. The fraction of sp³-hybridized carbons (Fsp3) is 0.368. The van der Waals surface area contributed by atoms with Crippen LogP contribution in [0.15, 0.2) is 48.8 Å². The summed E-state index contributed by atoms with van der Waals surface area (Å²) in [5.74, 6) is 0.0846. The minimum Gasteiger partial charge on any atom is -0.345 e. The molecule has 4 heteroatoms. The van der Waals surface area contributed by atoms with Gasteiger partial charge < -0.3 is 5.32 Å². The number of hydrogen-bond acceptors (Lipinski definition) is 3. The van der Waals surface area contributed by atoms with E-state index in [1.54, 1.807) is 6.20 Å². The summed E-state index contributed by atoms with van der Waals surface area (Å²) >= 11 is 0. The van der Waals surface area contributed by atoms with Gasteiger partial charge >= 0.3 is 0 Å². The van der Waals surface area contributed by atoms with Crippen molar-refractivity contribution in [2.45, 2.75) is 31.3 Å². The highest BCUT2D eigenvalue weighted by Gasteiger charge is 2.40. The van der Waals surface area contributed by atoms with Crippen molar-refractivity contribution in [3.8, 4) is 0 Å². The lowest BCUT2D eigenvalue weighted by Gasteiger charge is -2.29. The lowest BCUT2D eigenvalue weighted by molar-refractivity contribution is 0.0902. The second kappa shape index (κ2) is 5.78. The number of nitrogens with one attached hydrogen (secondary N) is 1. The molecule has 2 aliphatic heterocycles. The number of fused-ring (bicyclic) bond motifs is 1. The van der Waals surface area contributed by atoms with Crippen LogP contribution in [0.5, 0.6) is 0 Å². The number of pyridine rings is 1. The largest absolute Gasteiger partial charge is 0.345 e. The molecule has 118 valence electrons. The van der Waals surface area contributed by atoms with Crippen LogP contribution in [-0.4, -0.2) is 34.4 Å². The first-order valence-corrected chi connectivity index (χ1v) is 8.26. The molecule has 0 saturated carbocycles. The topological polar surface area (TPSA) is 45.2 Å². The molecular weight excluding hydrogens is 286 g/mol. The van der Waals surface area contributed by atoms with Crippen LogP contribution in [0.3, 0.4) is 0 Å². The predicted octanol–water partition coefficient (Wildman–Crippen LogP) is 2.40. The van der Waals surface area contributed by atoms with Gasteiger partial charge in [-0.2, -0.15) is 0 Å². The van der Waals surface area contributed by atoms with E-state index in [4.69, 9.17) is 0 Å². The third kappa shape index (κ3) is 2.86. The quantitative estimate of drug-likeness (QED) is 0.926. The number of carbonyl (C=O) groups excluding carboxylic acids is 1. The highest BCUT2D eigenvalue weighted by Crippen LogP contribution is 2.31. The molecule has 4 nitrogen and oxygen atoms in total. The fourth-order valence-electron chi connectivity index (χ4n) is 3.85. The number of rotatable bonds is 2. The van der Waals surface area contributed by atoms with Gasteiger partial charge in [0.1, 0.15) is 0 Å². The lowest BCUT2D eigenvalue weighted by Crippen LogP contribution is -2.49. The van der Waals surface area contributed by atoms with E-state index in [1.165, 1.54) is 11.1 Å². The molecule has 1 amide bonds. The van der Waals surface area contributed by atoms with E-state index in [-0.39, 0.29) is 11.4 Å². The number of benzene rings is 1. The van der Waals surface area contributed by atoms with E-state index >= 15 is 0 Å². The Morgan fingerprint density at radius 1 is 1.17 bits per heavy atom. The summed E-state index contributed by atoms with van der Waals surface area (Å²) in [6, 6.07) is 12.1. The van der Waals surface area contributed by atoms with E-state index < -0.39 is 0 Å². The molecule has 0 bridgehead atoms. The summed E-state index contributed by atoms with van der Waals surface area (Å²) in [5, 5.41) is 3.33. The molecule has 0 radical (unpaired) electrons. The highest BCUT2D eigenvalue weighted by molar-refractivity contribution is 5.96. The molecule has 1 spiro atoms. The minimum absolute atomic E-state index is 0.0846. The van der Waals surface area contributed by atoms with Crippen molar-refractivity contribution in [3.05, 3.63) is 65.5 Å². The van der Waals surface area contributed by atoms with Crippen molar-refractivity contribution in [1.29, 1.82) is 0 Å². The zero-order valence-corrected chi connectivity index (χ0v) is 13.2. The smallest absolute Gasteiger partial charge is 0.252 e.